The zero-order valence-corrected chi connectivity index (χ0v) is 17.9. The number of rotatable bonds is 4. The molecule has 0 saturated carbocycles. The summed E-state index contributed by atoms with van der Waals surface area (Å²) in [5, 5.41) is 2.36. The van der Waals surface area contributed by atoms with Crippen LogP contribution in [0.25, 0.3) is 6.08 Å². The first-order valence-corrected chi connectivity index (χ1v) is 11.6. The highest BCUT2D eigenvalue weighted by Gasteiger charge is 2.35. The van der Waals surface area contributed by atoms with Gasteiger partial charge in [-0.3, -0.25) is 19.8 Å². The summed E-state index contributed by atoms with van der Waals surface area (Å²) in [6.45, 7) is 2.52. The van der Waals surface area contributed by atoms with Gasteiger partial charge in [-0.25, -0.2) is 4.79 Å². The quantitative estimate of drug-likeness (QED) is 0.459. The third kappa shape index (κ3) is 3.91. The van der Waals surface area contributed by atoms with Crippen molar-refractivity contribution in [3.8, 4) is 0 Å². The van der Waals surface area contributed by atoms with Crippen molar-refractivity contribution < 1.29 is 14.4 Å². The van der Waals surface area contributed by atoms with Crippen LogP contribution in [0.15, 0.2) is 29.4 Å². The molecule has 6 nitrogen and oxygen atoms in total. The van der Waals surface area contributed by atoms with E-state index in [1.165, 1.54) is 33.7 Å². The largest absolute Gasteiger partial charge is 0.371 e. The molecule has 4 aliphatic rings. The molecule has 1 aromatic rings. The Balaban J connectivity index is 1.41. The number of urea groups is 1. The van der Waals surface area contributed by atoms with Crippen LogP contribution in [0.3, 0.4) is 0 Å². The number of barbiturate groups is 1. The van der Waals surface area contributed by atoms with Gasteiger partial charge in [0, 0.05) is 25.3 Å². The van der Waals surface area contributed by atoms with Gasteiger partial charge in [-0.1, -0.05) is 11.6 Å². The van der Waals surface area contributed by atoms with E-state index in [0.29, 0.717) is 13.0 Å². The van der Waals surface area contributed by atoms with Crippen LogP contribution >= 0.6 is 0 Å². The zero-order valence-electron chi connectivity index (χ0n) is 17.9. The molecule has 0 spiro atoms. The highest BCUT2D eigenvalue weighted by Crippen LogP contribution is 2.36. The van der Waals surface area contributed by atoms with Gasteiger partial charge in [0.05, 0.1) is 0 Å². The van der Waals surface area contributed by atoms with Crippen LogP contribution < -0.4 is 10.2 Å². The molecule has 0 unspecified atom stereocenters. The Labute approximate surface area is 183 Å². The van der Waals surface area contributed by atoms with Crippen molar-refractivity contribution in [3.63, 3.8) is 0 Å². The average molecular weight is 420 g/mol. The number of anilines is 1. The summed E-state index contributed by atoms with van der Waals surface area (Å²) in [7, 11) is 0. The second kappa shape index (κ2) is 8.33. The van der Waals surface area contributed by atoms with E-state index >= 15 is 0 Å². The fraction of sp³-hybridized carbons (Fsp3) is 0.480. The molecule has 31 heavy (non-hydrogen) atoms. The van der Waals surface area contributed by atoms with Crippen molar-refractivity contribution >= 4 is 29.6 Å². The van der Waals surface area contributed by atoms with E-state index in [2.05, 4.69) is 28.4 Å². The number of hydrogen-bond acceptors (Lipinski definition) is 4. The number of imide groups is 2. The van der Waals surface area contributed by atoms with Crippen molar-refractivity contribution in [3.05, 3.63) is 46.0 Å². The average Bonchev–Trinajstić information content (AvgIpc) is 2.77. The molecule has 5 rings (SSSR count). The monoisotopic (exact) mass is 419 g/mol. The first-order chi connectivity index (χ1) is 15.1. The number of benzene rings is 1. The van der Waals surface area contributed by atoms with E-state index < -0.39 is 17.8 Å². The standard InChI is InChI=1S/C25H29N3O3/c29-23-21(24(30)28(25(31)26-23)13-10-17-6-2-1-3-7-17)16-18-14-19-8-4-11-27-12-5-9-20(15-18)22(19)27/h6,14-16H,1-5,7-13H2,(H,26,29,31)/b21-16+. The van der Waals surface area contributed by atoms with Crippen molar-refractivity contribution in [1.29, 1.82) is 0 Å². The van der Waals surface area contributed by atoms with Crippen LogP contribution in [0.2, 0.25) is 0 Å². The van der Waals surface area contributed by atoms with Crippen LogP contribution in [0.5, 0.6) is 0 Å². The summed E-state index contributed by atoms with van der Waals surface area (Å²) >= 11 is 0. The molecule has 3 aliphatic heterocycles. The van der Waals surface area contributed by atoms with E-state index in [1.807, 2.05) is 0 Å². The highest BCUT2D eigenvalue weighted by atomic mass is 16.2. The number of nitrogens with zero attached hydrogens (tertiary/aromatic N) is 2. The van der Waals surface area contributed by atoms with Gasteiger partial charge in [0.1, 0.15) is 5.57 Å². The number of nitrogens with one attached hydrogen (secondary N) is 1. The Morgan fingerprint density at radius 2 is 1.68 bits per heavy atom. The van der Waals surface area contributed by atoms with E-state index in [4.69, 9.17) is 0 Å². The molecule has 162 valence electrons. The number of carbonyl (C=O) groups is 3. The summed E-state index contributed by atoms with van der Waals surface area (Å²) in [5.41, 5.74) is 6.18. The van der Waals surface area contributed by atoms with Gasteiger partial charge in [0.15, 0.2) is 0 Å². The Morgan fingerprint density at radius 1 is 0.935 bits per heavy atom. The number of aryl methyl sites for hydroxylation is 2. The SMILES string of the molecule is O=C1NC(=O)N(CCC2=CCCCC2)C(=O)/C1=C/c1cc2c3c(c1)CCCN3CCC2. The maximum absolute atomic E-state index is 13.1. The molecule has 0 atom stereocenters. The molecule has 1 N–H and O–H groups in total. The molecular weight excluding hydrogens is 390 g/mol. The van der Waals surface area contributed by atoms with Gasteiger partial charge < -0.3 is 4.90 Å². The van der Waals surface area contributed by atoms with Crippen molar-refractivity contribution in [1.82, 2.24) is 10.2 Å². The number of allylic oxidation sites excluding steroid dienone is 1. The summed E-state index contributed by atoms with van der Waals surface area (Å²) in [6.07, 6.45) is 13.3. The third-order valence-corrected chi connectivity index (χ3v) is 6.89. The molecular formula is C25H29N3O3. The van der Waals surface area contributed by atoms with Crippen molar-refractivity contribution in [2.45, 2.75) is 57.8 Å². The van der Waals surface area contributed by atoms with Gasteiger partial charge in [-0.2, -0.15) is 0 Å². The maximum atomic E-state index is 13.1. The Hall–Kier alpha value is -2.89. The topological polar surface area (TPSA) is 69.7 Å². The summed E-state index contributed by atoms with van der Waals surface area (Å²) in [5.74, 6) is -1.09. The molecule has 1 aliphatic carbocycles. The summed E-state index contributed by atoms with van der Waals surface area (Å²) < 4.78 is 0. The molecule has 1 saturated heterocycles. The van der Waals surface area contributed by atoms with Gasteiger partial charge in [0.25, 0.3) is 11.8 Å². The lowest BCUT2D eigenvalue weighted by Gasteiger charge is -2.37. The third-order valence-electron chi connectivity index (χ3n) is 6.89. The number of hydrogen-bond donors (Lipinski definition) is 1. The Kier molecular flexibility index (Phi) is 5.38. The molecule has 0 aromatic heterocycles. The molecule has 0 radical (unpaired) electrons. The first kappa shape index (κ1) is 20.0. The van der Waals surface area contributed by atoms with E-state index in [1.54, 1.807) is 6.08 Å². The van der Waals surface area contributed by atoms with Gasteiger partial charge in [-0.15, -0.1) is 0 Å². The second-order valence-corrected chi connectivity index (χ2v) is 9.01. The summed E-state index contributed by atoms with van der Waals surface area (Å²) in [6, 6.07) is 3.61. The fourth-order valence-corrected chi connectivity index (χ4v) is 5.36. The molecule has 0 bridgehead atoms. The molecule has 4 amide bonds. The maximum Gasteiger partial charge on any atom is 0.331 e. The minimum absolute atomic E-state index is 0.0489. The number of amides is 4. The highest BCUT2D eigenvalue weighted by molar-refractivity contribution is 6.31. The molecule has 6 heteroatoms. The second-order valence-electron chi connectivity index (χ2n) is 9.01. The van der Waals surface area contributed by atoms with Crippen LogP contribution in [-0.2, 0) is 22.4 Å². The van der Waals surface area contributed by atoms with Crippen LogP contribution in [0.4, 0.5) is 10.5 Å². The van der Waals surface area contributed by atoms with Gasteiger partial charge in [0.2, 0.25) is 0 Å². The van der Waals surface area contributed by atoms with E-state index in [-0.39, 0.29) is 5.57 Å². The van der Waals surface area contributed by atoms with Crippen molar-refractivity contribution in [2.24, 2.45) is 0 Å². The van der Waals surface area contributed by atoms with E-state index in [9.17, 15) is 14.4 Å². The normalized spacial score (nSPS) is 22.4. The van der Waals surface area contributed by atoms with Gasteiger partial charge >= 0.3 is 6.03 Å². The lowest BCUT2D eigenvalue weighted by atomic mass is 9.89. The molecule has 1 aromatic carbocycles. The van der Waals surface area contributed by atoms with Gasteiger partial charge in [-0.05, 0) is 92.7 Å². The number of carbonyl (C=O) groups excluding carboxylic acids is 3. The Bertz CT molecular complexity index is 976. The lowest BCUT2D eigenvalue weighted by molar-refractivity contribution is -0.130. The molecule has 1 fully saturated rings. The van der Waals surface area contributed by atoms with Crippen LogP contribution in [-0.4, -0.2) is 42.4 Å². The molecule has 3 heterocycles. The minimum atomic E-state index is -0.611. The van der Waals surface area contributed by atoms with Crippen molar-refractivity contribution in [2.75, 3.05) is 24.5 Å². The lowest BCUT2D eigenvalue weighted by Crippen LogP contribution is -2.54. The zero-order chi connectivity index (χ0) is 21.4. The predicted octanol–water partition coefficient (Wildman–Crippen LogP) is 3.74. The first-order valence-electron chi connectivity index (χ1n) is 11.6. The fourth-order valence-electron chi connectivity index (χ4n) is 5.36. The summed E-state index contributed by atoms with van der Waals surface area (Å²) in [4.78, 5) is 41.6. The smallest absolute Gasteiger partial charge is 0.331 e. The predicted molar refractivity (Wildman–Crippen MR) is 120 cm³/mol. The minimum Gasteiger partial charge on any atom is -0.371 e. The van der Waals surface area contributed by atoms with Crippen LogP contribution in [0.1, 0.15) is 61.6 Å². The Morgan fingerprint density at radius 3 is 2.35 bits per heavy atom. The van der Waals surface area contributed by atoms with E-state index in [0.717, 1.165) is 63.6 Å². The van der Waals surface area contributed by atoms with Crippen LogP contribution in [0, 0.1) is 0 Å².